The van der Waals surface area contributed by atoms with Gasteiger partial charge in [0.1, 0.15) is 24.4 Å². The second kappa shape index (κ2) is 20.2. The summed E-state index contributed by atoms with van der Waals surface area (Å²) in [7, 11) is 0. The highest BCUT2D eigenvalue weighted by molar-refractivity contribution is 4.89. The summed E-state index contributed by atoms with van der Waals surface area (Å²) in [6.07, 6.45) is 22.7. The second-order valence-electron chi connectivity index (χ2n) is 9.10. The molecule has 0 aliphatic carbocycles. The van der Waals surface area contributed by atoms with Crippen molar-refractivity contribution >= 4 is 0 Å². The standard InChI is InChI=1S/C26H50O5/c1-2-3-4-5-6-7-8-9-10-11-12-13-14-15-16-17-18-19-20-30-26-24(29)22-31-25(26)23(28)21-27/h17-18,23-29H,2-16,19-22H2,1H3/b18-17+/t23-,24+,25+,26+/m0/s1. The van der Waals surface area contributed by atoms with Crippen LogP contribution in [0.15, 0.2) is 12.2 Å². The minimum absolute atomic E-state index is 0.140. The van der Waals surface area contributed by atoms with Crippen LogP contribution in [0, 0.1) is 0 Å². The number of aliphatic hydroxyl groups excluding tert-OH is 3. The van der Waals surface area contributed by atoms with Crippen molar-refractivity contribution in [3.05, 3.63) is 12.2 Å². The fraction of sp³-hybridized carbons (Fsp3) is 0.923. The van der Waals surface area contributed by atoms with Crippen LogP contribution in [0.5, 0.6) is 0 Å². The maximum atomic E-state index is 9.89. The molecule has 0 aromatic rings. The van der Waals surface area contributed by atoms with Crippen LogP contribution in [0.1, 0.15) is 110 Å². The molecule has 184 valence electrons. The molecular weight excluding hydrogens is 392 g/mol. The molecule has 1 heterocycles. The predicted molar refractivity (Wildman–Crippen MR) is 127 cm³/mol. The van der Waals surface area contributed by atoms with Crippen molar-refractivity contribution in [3.8, 4) is 0 Å². The number of unbranched alkanes of at least 4 members (excludes halogenated alkanes) is 14. The van der Waals surface area contributed by atoms with E-state index in [1.54, 1.807) is 0 Å². The molecule has 5 heteroatoms. The molecule has 0 aromatic heterocycles. The van der Waals surface area contributed by atoms with Crippen molar-refractivity contribution in [1.82, 2.24) is 0 Å². The van der Waals surface area contributed by atoms with Crippen LogP contribution in [0.2, 0.25) is 0 Å². The maximum absolute atomic E-state index is 9.89. The Balaban J connectivity index is 1.84. The van der Waals surface area contributed by atoms with Crippen LogP contribution in [0.25, 0.3) is 0 Å². The molecule has 0 amide bonds. The summed E-state index contributed by atoms with van der Waals surface area (Å²) in [4.78, 5) is 0. The second-order valence-corrected chi connectivity index (χ2v) is 9.10. The van der Waals surface area contributed by atoms with E-state index < -0.39 is 31.0 Å². The average molecular weight is 443 g/mol. The van der Waals surface area contributed by atoms with Crippen LogP contribution < -0.4 is 0 Å². The highest BCUT2D eigenvalue weighted by Crippen LogP contribution is 2.21. The first-order valence-corrected chi connectivity index (χ1v) is 13.1. The summed E-state index contributed by atoms with van der Waals surface area (Å²) >= 11 is 0. The highest BCUT2D eigenvalue weighted by Gasteiger charge is 2.40. The van der Waals surface area contributed by atoms with E-state index in [-0.39, 0.29) is 6.61 Å². The quantitative estimate of drug-likeness (QED) is 0.166. The Morgan fingerprint density at radius 3 is 1.90 bits per heavy atom. The molecule has 31 heavy (non-hydrogen) atoms. The van der Waals surface area contributed by atoms with E-state index in [0.717, 1.165) is 12.8 Å². The molecule has 0 saturated carbocycles. The first-order chi connectivity index (χ1) is 15.2. The number of hydrogen-bond acceptors (Lipinski definition) is 5. The van der Waals surface area contributed by atoms with E-state index in [2.05, 4.69) is 19.1 Å². The molecule has 1 aliphatic heterocycles. The lowest BCUT2D eigenvalue weighted by Gasteiger charge is -2.23. The molecule has 1 fully saturated rings. The fourth-order valence-corrected chi connectivity index (χ4v) is 4.22. The molecule has 4 atom stereocenters. The first-order valence-electron chi connectivity index (χ1n) is 13.1. The monoisotopic (exact) mass is 442 g/mol. The van der Waals surface area contributed by atoms with Crippen LogP contribution in [0.3, 0.4) is 0 Å². The molecule has 0 radical (unpaired) electrons. The SMILES string of the molecule is CCCCCCCCCCCCCCCC/C=C/CCO[C@H]1[C@@H]([C@@H](O)CO)OC[C@H]1O. The Bertz CT molecular complexity index is 415. The minimum Gasteiger partial charge on any atom is -0.394 e. The van der Waals surface area contributed by atoms with E-state index in [0.29, 0.717) is 6.61 Å². The Hall–Kier alpha value is -0.460. The summed E-state index contributed by atoms with van der Waals surface area (Å²) < 4.78 is 11.0. The van der Waals surface area contributed by atoms with Gasteiger partial charge in [-0.3, -0.25) is 0 Å². The normalized spacial score (nSPS) is 22.5. The van der Waals surface area contributed by atoms with E-state index in [1.807, 2.05) is 0 Å². The fourth-order valence-electron chi connectivity index (χ4n) is 4.22. The number of aliphatic hydroxyl groups is 3. The molecule has 3 N–H and O–H groups in total. The van der Waals surface area contributed by atoms with Gasteiger partial charge in [-0.2, -0.15) is 0 Å². The van der Waals surface area contributed by atoms with Gasteiger partial charge in [0.25, 0.3) is 0 Å². The molecule has 0 unspecified atom stereocenters. The lowest BCUT2D eigenvalue weighted by molar-refractivity contribution is -0.0924. The molecule has 5 nitrogen and oxygen atoms in total. The van der Waals surface area contributed by atoms with Crippen LogP contribution in [-0.4, -0.2) is 59.6 Å². The lowest BCUT2D eigenvalue weighted by atomic mass is 10.0. The van der Waals surface area contributed by atoms with Gasteiger partial charge in [-0.15, -0.1) is 0 Å². The largest absolute Gasteiger partial charge is 0.394 e. The highest BCUT2D eigenvalue weighted by atomic mass is 16.6. The van der Waals surface area contributed by atoms with E-state index >= 15 is 0 Å². The van der Waals surface area contributed by atoms with Crippen molar-refractivity contribution in [3.63, 3.8) is 0 Å². The van der Waals surface area contributed by atoms with E-state index in [9.17, 15) is 10.2 Å². The molecule has 1 aliphatic rings. The maximum Gasteiger partial charge on any atom is 0.114 e. The van der Waals surface area contributed by atoms with Gasteiger partial charge in [0, 0.05) is 0 Å². The van der Waals surface area contributed by atoms with Gasteiger partial charge in [-0.1, -0.05) is 103 Å². The van der Waals surface area contributed by atoms with Gasteiger partial charge >= 0.3 is 0 Å². The lowest BCUT2D eigenvalue weighted by Crippen LogP contribution is -2.42. The van der Waals surface area contributed by atoms with Crippen molar-refractivity contribution in [1.29, 1.82) is 0 Å². The van der Waals surface area contributed by atoms with Gasteiger partial charge in [-0.25, -0.2) is 0 Å². The van der Waals surface area contributed by atoms with Gasteiger partial charge < -0.3 is 24.8 Å². The van der Waals surface area contributed by atoms with Gasteiger partial charge in [0.15, 0.2) is 0 Å². The Morgan fingerprint density at radius 2 is 1.35 bits per heavy atom. The molecule has 1 rings (SSSR count). The van der Waals surface area contributed by atoms with E-state index in [4.69, 9.17) is 14.6 Å². The third kappa shape index (κ3) is 14.3. The molecule has 0 spiro atoms. The summed E-state index contributed by atoms with van der Waals surface area (Å²) in [6, 6.07) is 0. The molecular formula is C26H50O5. The van der Waals surface area contributed by atoms with Crippen LogP contribution >= 0.6 is 0 Å². The Morgan fingerprint density at radius 1 is 0.839 bits per heavy atom. The molecule has 0 aromatic carbocycles. The third-order valence-corrected chi connectivity index (χ3v) is 6.21. The molecule has 1 saturated heterocycles. The number of hydrogen-bond donors (Lipinski definition) is 3. The number of ether oxygens (including phenoxy) is 2. The van der Waals surface area contributed by atoms with Crippen molar-refractivity contribution in [2.24, 2.45) is 0 Å². The number of rotatable bonds is 21. The zero-order valence-corrected chi connectivity index (χ0v) is 20.1. The summed E-state index contributed by atoms with van der Waals surface area (Å²) in [6.45, 7) is 2.51. The topological polar surface area (TPSA) is 79.2 Å². The minimum atomic E-state index is -1.02. The van der Waals surface area contributed by atoms with E-state index in [1.165, 1.54) is 89.9 Å². The Kier molecular flexibility index (Phi) is 18.6. The van der Waals surface area contributed by atoms with Crippen LogP contribution in [0.4, 0.5) is 0 Å². The summed E-state index contributed by atoms with van der Waals surface area (Å²) in [5, 5.41) is 28.7. The van der Waals surface area contributed by atoms with Crippen molar-refractivity contribution in [2.45, 2.75) is 134 Å². The van der Waals surface area contributed by atoms with Gasteiger partial charge in [0.05, 0.1) is 19.8 Å². The first kappa shape index (κ1) is 28.6. The number of allylic oxidation sites excluding steroid dienone is 1. The summed E-state index contributed by atoms with van der Waals surface area (Å²) in [5.41, 5.74) is 0. The van der Waals surface area contributed by atoms with Crippen molar-refractivity contribution in [2.75, 3.05) is 19.8 Å². The predicted octanol–water partition coefficient (Wildman–Crippen LogP) is 5.30. The van der Waals surface area contributed by atoms with Crippen LogP contribution in [-0.2, 0) is 9.47 Å². The van der Waals surface area contributed by atoms with Crippen molar-refractivity contribution < 1.29 is 24.8 Å². The zero-order valence-electron chi connectivity index (χ0n) is 20.1. The molecule has 0 bridgehead atoms. The smallest absolute Gasteiger partial charge is 0.114 e. The summed E-state index contributed by atoms with van der Waals surface area (Å²) in [5.74, 6) is 0. The Labute approximate surface area is 191 Å². The zero-order chi connectivity index (χ0) is 22.6. The van der Waals surface area contributed by atoms with Gasteiger partial charge in [-0.05, 0) is 19.3 Å². The third-order valence-electron chi connectivity index (χ3n) is 6.21. The van der Waals surface area contributed by atoms with Gasteiger partial charge in [0.2, 0.25) is 0 Å². The average Bonchev–Trinajstić information content (AvgIpc) is 3.15.